The molecular weight excluding hydrogens is 311 g/mol. The van der Waals surface area contributed by atoms with Crippen molar-refractivity contribution in [1.82, 2.24) is 5.32 Å². The van der Waals surface area contributed by atoms with Gasteiger partial charge in [-0.1, -0.05) is 6.07 Å². The third-order valence-electron chi connectivity index (χ3n) is 3.17. The first-order valence-corrected chi connectivity index (χ1v) is 6.75. The molecule has 2 aromatic carbocycles. The number of rotatable bonds is 5. The van der Waals surface area contributed by atoms with Gasteiger partial charge < -0.3 is 15.5 Å². The Bertz CT molecular complexity index is 722. The smallest absolute Gasteiger partial charge is 0.254 e. The lowest BCUT2D eigenvalue weighted by molar-refractivity contribution is 0.0911. The van der Waals surface area contributed by atoms with Gasteiger partial charge in [0, 0.05) is 25.1 Å². The lowest BCUT2D eigenvalue weighted by Gasteiger charge is -2.13. The van der Waals surface area contributed by atoms with Crippen LogP contribution in [0.25, 0.3) is 0 Å². The zero-order valence-electron chi connectivity index (χ0n) is 11.9. The van der Waals surface area contributed by atoms with Gasteiger partial charge >= 0.3 is 0 Å². The van der Waals surface area contributed by atoms with Gasteiger partial charge in [0.15, 0.2) is 0 Å². The van der Waals surface area contributed by atoms with Gasteiger partial charge in [0.2, 0.25) is 0 Å². The second kappa shape index (κ2) is 7.15. The summed E-state index contributed by atoms with van der Waals surface area (Å²) in [6.45, 7) is -0.240. The minimum absolute atomic E-state index is 0.101. The molecule has 0 radical (unpaired) electrons. The number of nitrogens with one attached hydrogen (secondary N) is 1. The summed E-state index contributed by atoms with van der Waals surface area (Å²) < 4.78 is 39.7. The van der Waals surface area contributed by atoms with Crippen molar-refractivity contribution in [3.05, 3.63) is 65.0 Å². The van der Waals surface area contributed by atoms with E-state index in [-0.39, 0.29) is 29.8 Å². The van der Waals surface area contributed by atoms with E-state index in [2.05, 4.69) is 5.32 Å². The molecule has 0 spiro atoms. The lowest BCUT2D eigenvalue weighted by Crippen LogP contribution is -2.33. The summed E-state index contributed by atoms with van der Waals surface area (Å²) in [5.41, 5.74) is -0.188. The maximum absolute atomic E-state index is 13.5. The Balaban J connectivity index is 1.93. The highest BCUT2D eigenvalue weighted by Crippen LogP contribution is 2.15. The van der Waals surface area contributed by atoms with Crippen molar-refractivity contribution in [2.24, 2.45) is 0 Å². The molecule has 3 N–H and O–H groups in total. The monoisotopic (exact) mass is 325 g/mol. The first-order chi connectivity index (χ1) is 10.9. The van der Waals surface area contributed by atoms with Crippen LogP contribution in [0.1, 0.15) is 15.9 Å². The van der Waals surface area contributed by atoms with E-state index in [0.29, 0.717) is 6.07 Å². The molecule has 0 unspecified atom stereocenters. The molecule has 1 amide bonds. The first kappa shape index (κ1) is 16.8. The summed E-state index contributed by atoms with van der Waals surface area (Å²) >= 11 is 0. The summed E-state index contributed by atoms with van der Waals surface area (Å²) in [6.07, 6.45) is -1.26. The highest BCUT2D eigenvalue weighted by Gasteiger charge is 2.15. The molecule has 0 saturated heterocycles. The topological polar surface area (TPSA) is 69.6 Å². The first-order valence-electron chi connectivity index (χ1n) is 6.75. The van der Waals surface area contributed by atoms with E-state index >= 15 is 0 Å². The molecule has 1 atom stereocenters. The number of carbonyl (C=O) groups excluding carboxylic acids is 1. The predicted octanol–water partition coefficient (Wildman–Crippen LogP) is 2.14. The fourth-order valence-electron chi connectivity index (χ4n) is 2.01. The van der Waals surface area contributed by atoms with Crippen LogP contribution < -0.4 is 5.32 Å². The Morgan fingerprint density at radius 1 is 1.09 bits per heavy atom. The van der Waals surface area contributed by atoms with Crippen LogP contribution in [-0.4, -0.2) is 28.8 Å². The number of hydrogen-bond acceptors (Lipinski definition) is 3. The van der Waals surface area contributed by atoms with Gasteiger partial charge in [-0.05, 0) is 23.8 Å². The summed E-state index contributed by atoms with van der Waals surface area (Å²) in [7, 11) is 0. The van der Waals surface area contributed by atoms with Crippen LogP contribution in [0.3, 0.4) is 0 Å². The Morgan fingerprint density at radius 3 is 2.48 bits per heavy atom. The molecule has 23 heavy (non-hydrogen) atoms. The number of aliphatic hydroxyl groups excluding tert-OH is 1. The number of phenols is 1. The van der Waals surface area contributed by atoms with E-state index in [1.807, 2.05) is 0 Å². The minimum Gasteiger partial charge on any atom is -0.508 e. The van der Waals surface area contributed by atoms with Gasteiger partial charge in [0.1, 0.15) is 23.2 Å². The van der Waals surface area contributed by atoms with Crippen molar-refractivity contribution in [3.8, 4) is 5.75 Å². The van der Waals surface area contributed by atoms with E-state index in [0.717, 1.165) is 24.3 Å². The molecule has 0 heterocycles. The molecule has 2 aromatic rings. The highest BCUT2D eigenvalue weighted by atomic mass is 19.1. The van der Waals surface area contributed by atoms with E-state index < -0.39 is 29.5 Å². The average molecular weight is 325 g/mol. The molecule has 2 rings (SSSR count). The molecule has 0 saturated carbocycles. The van der Waals surface area contributed by atoms with Crippen molar-refractivity contribution >= 4 is 5.91 Å². The molecule has 0 aliphatic rings. The summed E-state index contributed by atoms with van der Waals surface area (Å²) in [6, 6.07) is 6.02. The Kier molecular flexibility index (Phi) is 5.23. The number of aliphatic hydroxyl groups is 1. The largest absolute Gasteiger partial charge is 0.508 e. The standard InChI is InChI=1S/C16H14F3NO3/c17-10-2-1-9(14(18)6-10)5-12(22)8-20-16(23)13-4-3-11(21)7-15(13)19/h1-4,6-7,12,21-22H,5,8H2,(H,20,23)/t12-/m1/s1. The molecule has 0 fully saturated rings. The summed E-state index contributed by atoms with van der Waals surface area (Å²) in [5, 5.41) is 21.2. The van der Waals surface area contributed by atoms with Crippen molar-refractivity contribution in [1.29, 1.82) is 0 Å². The zero-order chi connectivity index (χ0) is 17.0. The van der Waals surface area contributed by atoms with Gasteiger partial charge in [-0.3, -0.25) is 4.79 Å². The maximum atomic E-state index is 13.5. The number of aromatic hydroxyl groups is 1. The van der Waals surface area contributed by atoms with Crippen molar-refractivity contribution in [2.75, 3.05) is 6.54 Å². The third-order valence-corrected chi connectivity index (χ3v) is 3.17. The predicted molar refractivity (Wildman–Crippen MR) is 76.5 cm³/mol. The molecule has 0 aliphatic carbocycles. The van der Waals surface area contributed by atoms with Gasteiger partial charge in [-0.15, -0.1) is 0 Å². The fraction of sp³-hybridized carbons (Fsp3) is 0.188. The van der Waals surface area contributed by atoms with Gasteiger partial charge in [-0.25, -0.2) is 13.2 Å². The van der Waals surface area contributed by atoms with Crippen LogP contribution in [0.2, 0.25) is 0 Å². The summed E-state index contributed by atoms with van der Waals surface area (Å²) in [5.74, 6) is -3.51. The van der Waals surface area contributed by atoms with Crippen LogP contribution in [0.4, 0.5) is 13.2 Å². The normalized spacial score (nSPS) is 12.0. The average Bonchev–Trinajstić information content (AvgIpc) is 2.48. The van der Waals surface area contributed by atoms with Crippen molar-refractivity contribution < 1.29 is 28.2 Å². The van der Waals surface area contributed by atoms with E-state index in [1.165, 1.54) is 6.07 Å². The SMILES string of the molecule is O=C(NC[C@H](O)Cc1ccc(F)cc1F)c1ccc(O)cc1F. The molecule has 0 bridgehead atoms. The van der Waals surface area contributed by atoms with Crippen molar-refractivity contribution in [3.63, 3.8) is 0 Å². The number of benzene rings is 2. The molecule has 0 aromatic heterocycles. The van der Waals surface area contributed by atoms with E-state index in [1.54, 1.807) is 0 Å². The third kappa shape index (κ3) is 4.46. The summed E-state index contributed by atoms with van der Waals surface area (Å²) in [4.78, 5) is 11.8. The number of amides is 1. The minimum atomic E-state index is -1.13. The lowest BCUT2D eigenvalue weighted by atomic mass is 10.1. The number of carbonyl (C=O) groups is 1. The molecule has 122 valence electrons. The van der Waals surface area contributed by atoms with Gasteiger partial charge in [0.25, 0.3) is 5.91 Å². The van der Waals surface area contributed by atoms with E-state index in [9.17, 15) is 23.1 Å². The molecule has 0 aliphatic heterocycles. The van der Waals surface area contributed by atoms with Crippen LogP contribution in [0, 0.1) is 17.5 Å². The fourth-order valence-corrected chi connectivity index (χ4v) is 2.01. The van der Waals surface area contributed by atoms with Crippen LogP contribution in [-0.2, 0) is 6.42 Å². The van der Waals surface area contributed by atoms with E-state index in [4.69, 9.17) is 5.11 Å². The highest BCUT2D eigenvalue weighted by molar-refractivity contribution is 5.94. The Labute approximate surface area is 130 Å². The van der Waals surface area contributed by atoms with Gasteiger partial charge in [-0.2, -0.15) is 0 Å². The van der Waals surface area contributed by atoms with Crippen molar-refractivity contribution in [2.45, 2.75) is 12.5 Å². The van der Waals surface area contributed by atoms with Crippen LogP contribution in [0.15, 0.2) is 36.4 Å². The Hall–Kier alpha value is -2.54. The second-order valence-electron chi connectivity index (χ2n) is 4.97. The molecular formula is C16H14F3NO3. The maximum Gasteiger partial charge on any atom is 0.254 e. The second-order valence-corrected chi connectivity index (χ2v) is 4.97. The molecule has 4 nitrogen and oxygen atoms in total. The quantitative estimate of drug-likeness (QED) is 0.789. The number of phenolic OH excluding ortho intramolecular Hbond substituents is 1. The molecule has 7 heteroatoms. The van der Waals surface area contributed by atoms with Crippen LogP contribution >= 0.6 is 0 Å². The van der Waals surface area contributed by atoms with Crippen LogP contribution in [0.5, 0.6) is 5.75 Å². The number of halogens is 3. The Morgan fingerprint density at radius 2 is 1.83 bits per heavy atom. The number of hydrogen-bond donors (Lipinski definition) is 3. The van der Waals surface area contributed by atoms with Gasteiger partial charge in [0.05, 0.1) is 11.7 Å². The zero-order valence-corrected chi connectivity index (χ0v) is 11.9.